The SMILES string of the molecule is CC(C)(C)N1CCNCC1.CCC. The van der Waals surface area contributed by atoms with Crippen LogP contribution in [-0.4, -0.2) is 36.6 Å². The largest absolute Gasteiger partial charge is 0.314 e. The lowest BCUT2D eigenvalue weighted by molar-refractivity contribution is 0.119. The minimum absolute atomic E-state index is 0.363. The van der Waals surface area contributed by atoms with Crippen molar-refractivity contribution in [2.75, 3.05) is 26.2 Å². The zero-order chi connectivity index (χ0) is 10.3. The number of hydrogen-bond acceptors (Lipinski definition) is 2. The number of piperazine rings is 1. The Hall–Kier alpha value is -0.0800. The molecule has 0 saturated carbocycles. The third kappa shape index (κ3) is 6.05. The average Bonchev–Trinajstić information content (AvgIpc) is 2.06. The molecule has 0 aliphatic carbocycles. The molecule has 2 heteroatoms. The summed E-state index contributed by atoms with van der Waals surface area (Å²) < 4.78 is 0. The van der Waals surface area contributed by atoms with Gasteiger partial charge in [0.1, 0.15) is 0 Å². The highest BCUT2D eigenvalue weighted by Gasteiger charge is 2.21. The summed E-state index contributed by atoms with van der Waals surface area (Å²) in [7, 11) is 0. The fraction of sp³-hybridized carbons (Fsp3) is 1.00. The van der Waals surface area contributed by atoms with Gasteiger partial charge in [-0.2, -0.15) is 0 Å². The predicted octanol–water partition coefficient (Wildman–Crippen LogP) is 2.11. The smallest absolute Gasteiger partial charge is 0.0126 e. The monoisotopic (exact) mass is 186 g/mol. The summed E-state index contributed by atoms with van der Waals surface area (Å²) in [5.41, 5.74) is 0.363. The molecular weight excluding hydrogens is 160 g/mol. The minimum atomic E-state index is 0.363. The molecule has 0 atom stereocenters. The Bertz CT molecular complexity index is 110. The van der Waals surface area contributed by atoms with Crippen molar-refractivity contribution in [3.63, 3.8) is 0 Å². The molecule has 13 heavy (non-hydrogen) atoms. The molecule has 0 aromatic rings. The van der Waals surface area contributed by atoms with Crippen molar-refractivity contribution in [3.05, 3.63) is 0 Å². The Morgan fingerprint density at radius 2 is 1.46 bits per heavy atom. The van der Waals surface area contributed by atoms with Crippen LogP contribution >= 0.6 is 0 Å². The molecule has 1 fully saturated rings. The van der Waals surface area contributed by atoms with Crippen molar-refractivity contribution >= 4 is 0 Å². The maximum Gasteiger partial charge on any atom is 0.0126 e. The molecule has 0 spiro atoms. The molecule has 0 radical (unpaired) electrons. The zero-order valence-electron chi connectivity index (χ0n) is 9.98. The summed E-state index contributed by atoms with van der Waals surface area (Å²) in [6.07, 6.45) is 1.25. The van der Waals surface area contributed by atoms with Crippen LogP contribution in [0.25, 0.3) is 0 Å². The molecule has 1 aliphatic heterocycles. The molecule has 1 N–H and O–H groups in total. The van der Waals surface area contributed by atoms with Gasteiger partial charge in [0.15, 0.2) is 0 Å². The standard InChI is InChI=1S/C8H18N2.C3H8/c1-8(2,3)10-6-4-9-5-7-10;1-3-2/h9H,4-7H2,1-3H3;3H2,1-2H3. The first kappa shape index (κ1) is 12.9. The van der Waals surface area contributed by atoms with E-state index in [1.807, 2.05) is 0 Å². The summed E-state index contributed by atoms with van der Waals surface area (Å²) in [6.45, 7) is 15.8. The van der Waals surface area contributed by atoms with Crippen molar-refractivity contribution in [1.29, 1.82) is 0 Å². The Labute approximate surface area is 83.7 Å². The summed E-state index contributed by atoms with van der Waals surface area (Å²) >= 11 is 0. The predicted molar refractivity (Wildman–Crippen MR) is 60.2 cm³/mol. The maximum absolute atomic E-state index is 3.35. The molecule has 0 aromatic heterocycles. The van der Waals surface area contributed by atoms with Crippen LogP contribution in [-0.2, 0) is 0 Å². The van der Waals surface area contributed by atoms with Gasteiger partial charge in [-0.3, -0.25) is 4.90 Å². The summed E-state index contributed by atoms with van der Waals surface area (Å²) in [5, 5.41) is 3.35. The number of nitrogens with one attached hydrogen (secondary N) is 1. The van der Waals surface area contributed by atoms with Gasteiger partial charge < -0.3 is 5.32 Å². The highest BCUT2D eigenvalue weighted by atomic mass is 15.2. The normalized spacial score (nSPS) is 19.2. The second-order valence-corrected chi connectivity index (χ2v) is 4.61. The van der Waals surface area contributed by atoms with Crippen molar-refractivity contribution in [3.8, 4) is 0 Å². The molecule has 1 heterocycles. The summed E-state index contributed by atoms with van der Waals surface area (Å²) in [6, 6.07) is 0. The molecule has 1 saturated heterocycles. The van der Waals surface area contributed by atoms with E-state index in [1.54, 1.807) is 0 Å². The van der Waals surface area contributed by atoms with Crippen LogP contribution in [0.4, 0.5) is 0 Å². The van der Waals surface area contributed by atoms with E-state index >= 15 is 0 Å². The molecule has 1 aliphatic rings. The molecule has 0 bridgehead atoms. The van der Waals surface area contributed by atoms with Crippen molar-refractivity contribution in [2.45, 2.75) is 46.6 Å². The lowest BCUT2D eigenvalue weighted by Gasteiger charge is -2.38. The number of hydrogen-bond donors (Lipinski definition) is 1. The van der Waals surface area contributed by atoms with E-state index in [1.165, 1.54) is 19.5 Å². The second kappa shape index (κ2) is 6.39. The van der Waals surface area contributed by atoms with Crippen LogP contribution in [0.3, 0.4) is 0 Å². The highest BCUT2D eigenvalue weighted by Crippen LogP contribution is 2.12. The van der Waals surface area contributed by atoms with Crippen molar-refractivity contribution in [1.82, 2.24) is 10.2 Å². The van der Waals surface area contributed by atoms with Crippen LogP contribution in [0.2, 0.25) is 0 Å². The summed E-state index contributed by atoms with van der Waals surface area (Å²) in [4.78, 5) is 2.52. The van der Waals surface area contributed by atoms with E-state index in [0.29, 0.717) is 5.54 Å². The Balaban J connectivity index is 0.000000424. The van der Waals surface area contributed by atoms with Gasteiger partial charge in [-0.05, 0) is 20.8 Å². The first-order valence-electron chi connectivity index (χ1n) is 5.48. The van der Waals surface area contributed by atoms with Gasteiger partial charge in [-0.25, -0.2) is 0 Å². The van der Waals surface area contributed by atoms with Crippen LogP contribution < -0.4 is 5.32 Å². The van der Waals surface area contributed by atoms with Crippen molar-refractivity contribution < 1.29 is 0 Å². The van der Waals surface area contributed by atoms with E-state index in [2.05, 4.69) is 44.8 Å². The van der Waals surface area contributed by atoms with Crippen molar-refractivity contribution in [2.24, 2.45) is 0 Å². The van der Waals surface area contributed by atoms with E-state index in [-0.39, 0.29) is 0 Å². The van der Waals surface area contributed by atoms with Gasteiger partial charge in [-0.1, -0.05) is 20.3 Å². The fourth-order valence-electron chi connectivity index (χ4n) is 1.34. The Morgan fingerprint density at radius 3 is 1.69 bits per heavy atom. The van der Waals surface area contributed by atoms with Gasteiger partial charge in [0.25, 0.3) is 0 Å². The third-order valence-corrected chi connectivity index (χ3v) is 2.07. The molecular formula is C11H26N2. The van der Waals surface area contributed by atoms with E-state index in [4.69, 9.17) is 0 Å². The molecule has 0 aromatic carbocycles. The Kier molecular flexibility index (Phi) is 6.35. The van der Waals surface area contributed by atoms with E-state index < -0.39 is 0 Å². The average molecular weight is 186 g/mol. The van der Waals surface area contributed by atoms with Gasteiger partial charge in [0, 0.05) is 31.7 Å². The third-order valence-electron chi connectivity index (χ3n) is 2.07. The summed E-state index contributed by atoms with van der Waals surface area (Å²) in [5.74, 6) is 0. The lowest BCUT2D eigenvalue weighted by atomic mass is 10.1. The van der Waals surface area contributed by atoms with E-state index in [0.717, 1.165) is 13.1 Å². The number of rotatable bonds is 0. The minimum Gasteiger partial charge on any atom is -0.314 e. The zero-order valence-corrected chi connectivity index (χ0v) is 9.98. The lowest BCUT2D eigenvalue weighted by Crippen LogP contribution is -2.51. The Morgan fingerprint density at radius 1 is 1.08 bits per heavy atom. The molecule has 2 nitrogen and oxygen atoms in total. The first-order valence-corrected chi connectivity index (χ1v) is 5.48. The molecule has 0 amide bonds. The topological polar surface area (TPSA) is 15.3 Å². The van der Waals surface area contributed by atoms with Gasteiger partial charge >= 0.3 is 0 Å². The van der Waals surface area contributed by atoms with Crippen LogP contribution in [0.1, 0.15) is 41.0 Å². The van der Waals surface area contributed by atoms with Crippen LogP contribution in [0.15, 0.2) is 0 Å². The highest BCUT2D eigenvalue weighted by molar-refractivity contribution is 4.79. The molecule has 80 valence electrons. The van der Waals surface area contributed by atoms with Gasteiger partial charge in [0.2, 0.25) is 0 Å². The number of nitrogens with zero attached hydrogens (tertiary/aromatic N) is 1. The second-order valence-electron chi connectivity index (χ2n) is 4.61. The fourth-order valence-corrected chi connectivity index (χ4v) is 1.34. The molecule has 0 unspecified atom stereocenters. The quantitative estimate of drug-likeness (QED) is 0.623. The van der Waals surface area contributed by atoms with Gasteiger partial charge in [0.05, 0.1) is 0 Å². The van der Waals surface area contributed by atoms with E-state index in [9.17, 15) is 0 Å². The first-order chi connectivity index (χ1) is 6.02. The van der Waals surface area contributed by atoms with Crippen LogP contribution in [0, 0.1) is 0 Å². The molecule has 1 rings (SSSR count). The van der Waals surface area contributed by atoms with Gasteiger partial charge in [-0.15, -0.1) is 0 Å². The maximum atomic E-state index is 3.35. The van der Waals surface area contributed by atoms with Crippen LogP contribution in [0.5, 0.6) is 0 Å².